The van der Waals surface area contributed by atoms with E-state index in [0.29, 0.717) is 0 Å². The molecule has 0 spiro atoms. The number of hydrogen-bond donors (Lipinski definition) is 1. The molecule has 92 valence electrons. The van der Waals surface area contributed by atoms with Crippen LogP contribution in [0.15, 0.2) is 6.20 Å². The van der Waals surface area contributed by atoms with Gasteiger partial charge in [0.05, 0.1) is 17.5 Å². The molecule has 0 aliphatic carbocycles. The molecule has 1 saturated heterocycles. The molecule has 1 amide bonds. The molecular weight excluding hydrogens is 216 g/mol. The van der Waals surface area contributed by atoms with Crippen molar-refractivity contribution in [1.29, 1.82) is 0 Å². The van der Waals surface area contributed by atoms with Gasteiger partial charge in [0.15, 0.2) is 0 Å². The van der Waals surface area contributed by atoms with E-state index >= 15 is 0 Å². The van der Waals surface area contributed by atoms with Gasteiger partial charge in [0.2, 0.25) is 0 Å². The van der Waals surface area contributed by atoms with E-state index in [9.17, 15) is 4.79 Å². The summed E-state index contributed by atoms with van der Waals surface area (Å²) in [5.41, 5.74) is 1.96. The maximum atomic E-state index is 12.4. The molecular formula is C12H18N4O. The van der Waals surface area contributed by atoms with Gasteiger partial charge in [-0.2, -0.15) is 5.10 Å². The summed E-state index contributed by atoms with van der Waals surface area (Å²) in [5, 5.41) is 7.59. The maximum absolute atomic E-state index is 12.4. The lowest BCUT2D eigenvalue weighted by atomic mass is 10.1. The minimum atomic E-state index is 0.162. The number of piperazine rings is 1. The van der Waals surface area contributed by atoms with Gasteiger partial charge in [-0.15, -0.1) is 0 Å². The van der Waals surface area contributed by atoms with Crippen molar-refractivity contribution < 1.29 is 4.79 Å². The minimum absolute atomic E-state index is 0.162. The molecule has 0 unspecified atom stereocenters. The quantitative estimate of drug-likeness (QED) is 0.758. The molecule has 0 atom stereocenters. The average Bonchev–Trinajstić information content (AvgIpc) is 2.83. The summed E-state index contributed by atoms with van der Waals surface area (Å²) in [6.07, 6.45) is 5.10. The molecule has 0 aromatic carbocycles. The van der Waals surface area contributed by atoms with Crippen molar-refractivity contribution in [2.24, 2.45) is 0 Å². The molecule has 1 N–H and O–H groups in total. The number of nitrogens with zero attached hydrogens (tertiary/aromatic N) is 3. The molecule has 1 aromatic rings. The topological polar surface area (TPSA) is 50.2 Å². The Bertz CT molecular complexity index is 420. The monoisotopic (exact) mass is 234 g/mol. The van der Waals surface area contributed by atoms with Crippen molar-refractivity contribution in [3.63, 3.8) is 0 Å². The van der Waals surface area contributed by atoms with E-state index in [1.54, 1.807) is 6.20 Å². The minimum Gasteiger partial charge on any atom is -0.336 e. The summed E-state index contributed by atoms with van der Waals surface area (Å²) < 4.78 is 2.00. The Kier molecular flexibility index (Phi) is 2.84. The predicted octanol–water partition coefficient (Wildman–Crippen LogP) is 0.265. The van der Waals surface area contributed by atoms with Crippen LogP contribution in [0.2, 0.25) is 0 Å². The molecule has 3 rings (SSSR count). The van der Waals surface area contributed by atoms with Crippen molar-refractivity contribution in [2.75, 3.05) is 26.2 Å². The zero-order valence-corrected chi connectivity index (χ0v) is 9.98. The smallest absolute Gasteiger partial charge is 0.257 e. The Labute approximate surface area is 101 Å². The average molecular weight is 234 g/mol. The highest BCUT2D eigenvalue weighted by molar-refractivity contribution is 5.95. The van der Waals surface area contributed by atoms with Gasteiger partial charge in [-0.1, -0.05) is 0 Å². The molecule has 2 aliphatic heterocycles. The Hall–Kier alpha value is -1.36. The number of carbonyl (C=O) groups is 1. The summed E-state index contributed by atoms with van der Waals surface area (Å²) in [7, 11) is 0. The lowest BCUT2D eigenvalue weighted by molar-refractivity contribution is 0.0734. The highest BCUT2D eigenvalue weighted by atomic mass is 16.2. The number of nitrogens with one attached hydrogen (secondary N) is 1. The largest absolute Gasteiger partial charge is 0.336 e. The molecule has 17 heavy (non-hydrogen) atoms. The van der Waals surface area contributed by atoms with Gasteiger partial charge < -0.3 is 10.2 Å². The van der Waals surface area contributed by atoms with Crippen LogP contribution in [0, 0.1) is 0 Å². The van der Waals surface area contributed by atoms with Crippen LogP contribution in [-0.2, 0) is 13.0 Å². The number of hydrogen-bond acceptors (Lipinski definition) is 3. The molecule has 1 aromatic heterocycles. The first-order valence-corrected chi connectivity index (χ1v) is 6.41. The van der Waals surface area contributed by atoms with E-state index in [4.69, 9.17) is 0 Å². The fourth-order valence-electron chi connectivity index (χ4n) is 2.64. The number of aromatic nitrogens is 2. The molecule has 3 heterocycles. The maximum Gasteiger partial charge on any atom is 0.257 e. The molecule has 5 heteroatoms. The van der Waals surface area contributed by atoms with Gasteiger partial charge in [0.1, 0.15) is 0 Å². The van der Waals surface area contributed by atoms with Gasteiger partial charge >= 0.3 is 0 Å². The van der Waals surface area contributed by atoms with Crippen LogP contribution in [-0.4, -0.2) is 46.8 Å². The molecule has 0 saturated carbocycles. The lowest BCUT2D eigenvalue weighted by Crippen LogP contribution is -2.46. The Morgan fingerprint density at radius 1 is 1.24 bits per heavy atom. The normalized spacial score (nSPS) is 20.1. The summed E-state index contributed by atoms with van der Waals surface area (Å²) in [6, 6.07) is 0. The fourth-order valence-corrected chi connectivity index (χ4v) is 2.64. The third kappa shape index (κ3) is 1.95. The van der Waals surface area contributed by atoms with Gasteiger partial charge in [-0.25, -0.2) is 0 Å². The van der Waals surface area contributed by atoms with Crippen LogP contribution in [0.4, 0.5) is 0 Å². The van der Waals surface area contributed by atoms with Crippen LogP contribution >= 0.6 is 0 Å². The van der Waals surface area contributed by atoms with E-state index in [1.165, 1.54) is 12.8 Å². The second kappa shape index (κ2) is 4.49. The summed E-state index contributed by atoms with van der Waals surface area (Å²) in [5.74, 6) is 0.162. The summed E-state index contributed by atoms with van der Waals surface area (Å²) in [4.78, 5) is 14.3. The Morgan fingerprint density at radius 2 is 2.06 bits per heavy atom. The van der Waals surface area contributed by atoms with E-state index in [2.05, 4.69) is 10.4 Å². The van der Waals surface area contributed by atoms with Crippen LogP contribution < -0.4 is 5.32 Å². The number of fused-ring (bicyclic) bond motifs is 1. The van der Waals surface area contributed by atoms with Crippen LogP contribution in [0.5, 0.6) is 0 Å². The highest BCUT2D eigenvalue weighted by Gasteiger charge is 2.24. The first kappa shape index (κ1) is 10.8. The van der Waals surface area contributed by atoms with Crippen LogP contribution in [0.1, 0.15) is 28.9 Å². The summed E-state index contributed by atoms with van der Waals surface area (Å²) in [6.45, 7) is 4.38. The van der Waals surface area contributed by atoms with E-state index < -0.39 is 0 Å². The first-order valence-electron chi connectivity index (χ1n) is 6.41. The van der Waals surface area contributed by atoms with Crippen molar-refractivity contribution in [3.05, 3.63) is 17.5 Å². The van der Waals surface area contributed by atoms with Gasteiger partial charge in [-0.3, -0.25) is 9.48 Å². The van der Waals surface area contributed by atoms with Gasteiger partial charge in [-0.05, 0) is 19.3 Å². The molecule has 0 bridgehead atoms. The second-order valence-electron chi connectivity index (χ2n) is 4.73. The standard InChI is InChI=1S/C12H18N4O/c17-12(15-7-4-13-5-8-15)10-9-14-16-6-2-1-3-11(10)16/h9,13H,1-8H2. The van der Waals surface area contributed by atoms with Gasteiger partial charge in [0, 0.05) is 32.7 Å². The van der Waals surface area contributed by atoms with E-state index in [0.717, 1.165) is 50.4 Å². The van der Waals surface area contributed by atoms with Crippen molar-refractivity contribution in [3.8, 4) is 0 Å². The van der Waals surface area contributed by atoms with Crippen molar-refractivity contribution in [1.82, 2.24) is 20.0 Å². The Morgan fingerprint density at radius 3 is 2.88 bits per heavy atom. The molecule has 5 nitrogen and oxygen atoms in total. The number of amides is 1. The van der Waals surface area contributed by atoms with Crippen LogP contribution in [0.25, 0.3) is 0 Å². The number of aryl methyl sites for hydroxylation is 1. The lowest BCUT2D eigenvalue weighted by Gasteiger charge is -2.27. The van der Waals surface area contributed by atoms with Crippen LogP contribution in [0.3, 0.4) is 0 Å². The number of carbonyl (C=O) groups excluding carboxylic acids is 1. The van der Waals surface area contributed by atoms with Crippen molar-refractivity contribution in [2.45, 2.75) is 25.8 Å². The zero-order chi connectivity index (χ0) is 11.7. The summed E-state index contributed by atoms with van der Waals surface area (Å²) >= 11 is 0. The van der Waals surface area contributed by atoms with Gasteiger partial charge in [0.25, 0.3) is 5.91 Å². The predicted molar refractivity (Wildman–Crippen MR) is 63.9 cm³/mol. The highest BCUT2D eigenvalue weighted by Crippen LogP contribution is 2.19. The van der Waals surface area contributed by atoms with Crippen molar-refractivity contribution >= 4 is 5.91 Å². The van der Waals surface area contributed by atoms with E-state index in [1.807, 2.05) is 9.58 Å². The number of rotatable bonds is 1. The molecule has 2 aliphatic rings. The Balaban J connectivity index is 1.83. The SMILES string of the molecule is O=C(c1cnn2c1CCCC2)N1CCNCC1. The molecule has 1 fully saturated rings. The zero-order valence-electron chi connectivity index (χ0n) is 9.98. The second-order valence-corrected chi connectivity index (χ2v) is 4.73. The first-order chi connectivity index (χ1) is 8.36. The third-order valence-corrected chi connectivity index (χ3v) is 3.62. The molecule has 0 radical (unpaired) electrons. The third-order valence-electron chi connectivity index (χ3n) is 3.62. The fraction of sp³-hybridized carbons (Fsp3) is 0.667. The van der Waals surface area contributed by atoms with E-state index in [-0.39, 0.29) is 5.91 Å².